The summed E-state index contributed by atoms with van der Waals surface area (Å²) in [4.78, 5) is 27.4. The van der Waals surface area contributed by atoms with Crippen molar-refractivity contribution in [2.45, 2.75) is 32.5 Å². The monoisotopic (exact) mass is 441 g/mol. The minimum atomic E-state index is -0.407. The summed E-state index contributed by atoms with van der Waals surface area (Å²) >= 11 is 3.45. The van der Waals surface area contributed by atoms with E-state index in [9.17, 15) is 4.79 Å². The van der Waals surface area contributed by atoms with Crippen molar-refractivity contribution in [1.29, 1.82) is 0 Å². The van der Waals surface area contributed by atoms with Gasteiger partial charge in [-0.25, -0.2) is 15.3 Å². The first-order valence-electron chi connectivity index (χ1n) is 9.21. The summed E-state index contributed by atoms with van der Waals surface area (Å²) in [5, 5.41) is 0.687. The standard InChI is InChI=1S/C21H20BrN3O3/c1-13-19(21(26)25-28-18-4-2-3-11-27-18)16-12-23-10-9-17(16)24-20(13)14-5-7-15(22)8-6-14/h5-10,12,18H,2-4,11H2,1H3,(H,25,26). The lowest BCUT2D eigenvalue weighted by molar-refractivity contribution is -0.186. The second kappa shape index (κ2) is 8.34. The van der Waals surface area contributed by atoms with Crippen LogP contribution >= 0.6 is 15.9 Å². The van der Waals surface area contributed by atoms with E-state index >= 15 is 0 Å². The Hall–Kier alpha value is -2.35. The van der Waals surface area contributed by atoms with E-state index in [-0.39, 0.29) is 5.91 Å². The number of benzene rings is 1. The molecular weight excluding hydrogens is 422 g/mol. The molecule has 3 aromatic rings. The van der Waals surface area contributed by atoms with Gasteiger partial charge in [-0.05, 0) is 43.5 Å². The Balaban J connectivity index is 1.72. The van der Waals surface area contributed by atoms with Gasteiger partial charge in [0.05, 0.1) is 16.8 Å². The highest BCUT2D eigenvalue weighted by molar-refractivity contribution is 9.10. The van der Waals surface area contributed by atoms with E-state index in [0.717, 1.165) is 40.6 Å². The lowest BCUT2D eigenvalue weighted by atomic mass is 9.98. The maximum Gasteiger partial charge on any atom is 0.276 e. The van der Waals surface area contributed by atoms with E-state index in [1.165, 1.54) is 0 Å². The van der Waals surface area contributed by atoms with Gasteiger partial charge in [0.15, 0.2) is 6.29 Å². The Morgan fingerprint density at radius 1 is 1.25 bits per heavy atom. The van der Waals surface area contributed by atoms with Crippen LogP contribution in [-0.2, 0) is 9.57 Å². The van der Waals surface area contributed by atoms with Gasteiger partial charge in [0.2, 0.25) is 0 Å². The molecule has 1 aliphatic rings. The molecule has 144 valence electrons. The van der Waals surface area contributed by atoms with Crippen molar-refractivity contribution < 1.29 is 14.4 Å². The summed E-state index contributed by atoms with van der Waals surface area (Å²) in [7, 11) is 0. The fraction of sp³-hybridized carbons (Fsp3) is 0.286. The molecule has 7 heteroatoms. The van der Waals surface area contributed by atoms with E-state index in [4.69, 9.17) is 14.6 Å². The third-order valence-electron chi connectivity index (χ3n) is 4.80. The Bertz CT molecular complexity index is 1000. The molecule has 0 bridgehead atoms. The maximum atomic E-state index is 13.0. The molecule has 0 radical (unpaired) electrons. The number of aromatic nitrogens is 2. The van der Waals surface area contributed by atoms with Gasteiger partial charge in [0, 0.05) is 40.8 Å². The zero-order valence-corrected chi connectivity index (χ0v) is 17.0. The third-order valence-corrected chi connectivity index (χ3v) is 5.32. The van der Waals surface area contributed by atoms with Crippen LogP contribution in [0.5, 0.6) is 0 Å². The summed E-state index contributed by atoms with van der Waals surface area (Å²) in [5.74, 6) is -0.328. The predicted octanol–water partition coefficient (Wildman–Crippen LogP) is 4.56. The first-order chi connectivity index (χ1) is 13.6. The Morgan fingerprint density at radius 3 is 2.82 bits per heavy atom. The van der Waals surface area contributed by atoms with Crippen molar-refractivity contribution in [2.75, 3.05) is 6.61 Å². The molecule has 1 fully saturated rings. The second-order valence-electron chi connectivity index (χ2n) is 6.71. The number of carbonyl (C=O) groups excluding carboxylic acids is 1. The largest absolute Gasteiger partial charge is 0.350 e. The van der Waals surface area contributed by atoms with Crippen molar-refractivity contribution in [1.82, 2.24) is 15.4 Å². The number of hydroxylamine groups is 1. The molecule has 1 saturated heterocycles. The SMILES string of the molecule is Cc1c(-c2ccc(Br)cc2)nc2ccncc2c1C(=O)NOC1CCCCO1. The summed E-state index contributed by atoms with van der Waals surface area (Å²) in [5.41, 5.74) is 6.24. The first-order valence-corrected chi connectivity index (χ1v) is 10.0. The van der Waals surface area contributed by atoms with Crippen LogP contribution in [0.3, 0.4) is 0 Å². The van der Waals surface area contributed by atoms with Gasteiger partial charge in [-0.1, -0.05) is 28.1 Å². The summed E-state index contributed by atoms with van der Waals surface area (Å²) < 4.78 is 6.50. The number of rotatable bonds is 4. The van der Waals surface area contributed by atoms with Gasteiger partial charge in [-0.2, -0.15) is 0 Å². The molecule has 1 amide bonds. The van der Waals surface area contributed by atoms with Gasteiger partial charge >= 0.3 is 0 Å². The molecule has 1 aliphatic heterocycles. The summed E-state index contributed by atoms with van der Waals surface area (Å²) in [6.45, 7) is 2.54. The minimum Gasteiger partial charge on any atom is -0.350 e. The molecule has 0 saturated carbocycles. The number of nitrogens with zero attached hydrogens (tertiary/aromatic N) is 2. The molecule has 6 nitrogen and oxygen atoms in total. The molecule has 3 heterocycles. The predicted molar refractivity (Wildman–Crippen MR) is 110 cm³/mol. The topological polar surface area (TPSA) is 73.3 Å². The van der Waals surface area contributed by atoms with E-state index < -0.39 is 6.29 Å². The highest BCUT2D eigenvalue weighted by Gasteiger charge is 2.21. The normalized spacial score (nSPS) is 16.9. The van der Waals surface area contributed by atoms with Gasteiger partial charge < -0.3 is 4.74 Å². The maximum absolute atomic E-state index is 13.0. The zero-order chi connectivity index (χ0) is 19.5. The van der Waals surface area contributed by atoms with Crippen LogP contribution in [0.1, 0.15) is 35.2 Å². The lowest BCUT2D eigenvalue weighted by Crippen LogP contribution is -2.33. The van der Waals surface area contributed by atoms with Gasteiger partial charge in [0.1, 0.15) is 0 Å². The van der Waals surface area contributed by atoms with E-state index in [0.29, 0.717) is 23.1 Å². The second-order valence-corrected chi connectivity index (χ2v) is 7.62. The van der Waals surface area contributed by atoms with Crippen molar-refractivity contribution in [2.24, 2.45) is 0 Å². The van der Waals surface area contributed by atoms with Crippen LogP contribution in [0, 0.1) is 6.92 Å². The average molecular weight is 442 g/mol. The number of amides is 1. The molecular formula is C21H20BrN3O3. The molecule has 1 unspecified atom stereocenters. The van der Waals surface area contributed by atoms with Crippen LogP contribution < -0.4 is 5.48 Å². The van der Waals surface area contributed by atoms with Crippen molar-refractivity contribution in [3.8, 4) is 11.3 Å². The summed E-state index contributed by atoms with van der Waals surface area (Å²) in [6, 6.07) is 9.66. The smallest absolute Gasteiger partial charge is 0.276 e. The molecule has 0 spiro atoms. The molecule has 1 N–H and O–H groups in total. The number of fused-ring (bicyclic) bond motifs is 1. The molecule has 4 rings (SSSR count). The molecule has 2 aromatic heterocycles. The van der Waals surface area contributed by atoms with Crippen LogP contribution in [0.2, 0.25) is 0 Å². The third kappa shape index (κ3) is 3.92. The van der Waals surface area contributed by atoms with E-state index in [2.05, 4.69) is 26.4 Å². The van der Waals surface area contributed by atoms with Crippen molar-refractivity contribution >= 4 is 32.7 Å². The Labute approximate surface area is 171 Å². The average Bonchev–Trinajstić information content (AvgIpc) is 2.73. The molecule has 1 atom stereocenters. The number of halogens is 1. The summed E-state index contributed by atoms with van der Waals surface area (Å²) in [6.07, 6.45) is 5.73. The van der Waals surface area contributed by atoms with Crippen LogP contribution in [-0.4, -0.2) is 28.8 Å². The van der Waals surface area contributed by atoms with Crippen LogP contribution in [0.4, 0.5) is 0 Å². The Kier molecular flexibility index (Phi) is 5.66. The molecule has 0 aliphatic carbocycles. The van der Waals surface area contributed by atoms with Gasteiger partial charge in [-0.3, -0.25) is 9.78 Å². The Morgan fingerprint density at radius 2 is 2.07 bits per heavy atom. The minimum absolute atomic E-state index is 0.328. The quantitative estimate of drug-likeness (QED) is 0.600. The van der Waals surface area contributed by atoms with E-state index in [1.54, 1.807) is 18.5 Å². The van der Waals surface area contributed by atoms with Crippen molar-refractivity contribution in [3.05, 3.63) is 58.3 Å². The highest BCUT2D eigenvalue weighted by Crippen LogP contribution is 2.30. The zero-order valence-electron chi connectivity index (χ0n) is 15.4. The molecule has 28 heavy (non-hydrogen) atoms. The number of hydrogen-bond acceptors (Lipinski definition) is 5. The number of ether oxygens (including phenoxy) is 1. The fourth-order valence-electron chi connectivity index (χ4n) is 3.36. The lowest BCUT2D eigenvalue weighted by Gasteiger charge is -2.22. The van der Waals surface area contributed by atoms with Crippen LogP contribution in [0.15, 0.2) is 47.2 Å². The number of nitrogens with one attached hydrogen (secondary N) is 1. The number of carbonyl (C=O) groups is 1. The van der Waals surface area contributed by atoms with Gasteiger partial charge in [0.25, 0.3) is 5.91 Å². The van der Waals surface area contributed by atoms with E-state index in [1.807, 2.05) is 31.2 Å². The highest BCUT2D eigenvalue weighted by atomic mass is 79.9. The van der Waals surface area contributed by atoms with Gasteiger partial charge in [-0.15, -0.1) is 0 Å². The van der Waals surface area contributed by atoms with Crippen molar-refractivity contribution in [3.63, 3.8) is 0 Å². The fourth-order valence-corrected chi connectivity index (χ4v) is 3.62. The molecule has 1 aromatic carbocycles. The van der Waals surface area contributed by atoms with Crippen LogP contribution in [0.25, 0.3) is 22.2 Å². The number of pyridine rings is 2. The first kappa shape index (κ1) is 19.0. The number of hydrogen-bond donors (Lipinski definition) is 1.